The molecule has 13 heteroatoms. The summed E-state index contributed by atoms with van der Waals surface area (Å²) in [4.78, 5) is 33.0. The summed E-state index contributed by atoms with van der Waals surface area (Å²) in [7, 11) is 0. The summed E-state index contributed by atoms with van der Waals surface area (Å²) in [6.07, 6.45) is -4.05. The number of nitrogens with zero attached hydrogens (tertiary/aromatic N) is 4. The molecule has 3 N–H and O–H groups in total. The van der Waals surface area contributed by atoms with Crippen LogP contribution >= 0.6 is 0 Å². The molecule has 0 spiro atoms. The van der Waals surface area contributed by atoms with Gasteiger partial charge < -0.3 is 20.5 Å². The number of esters is 1. The molecule has 1 fully saturated rings. The minimum absolute atomic E-state index is 0.0679. The van der Waals surface area contributed by atoms with Crippen LogP contribution in [0.15, 0.2) is 12.3 Å². The topological polar surface area (TPSA) is 131 Å². The van der Waals surface area contributed by atoms with Crippen LogP contribution in [0.25, 0.3) is 5.95 Å². The van der Waals surface area contributed by atoms with Crippen LogP contribution in [0.5, 0.6) is 0 Å². The maximum atomic E-state index is 13.8. The Balaban J connectivity index is 2.13. The number of hydrogen-bond donors (Lipinski definition) is 3. The smallest absolute Gasteiger partial charge is 0.437 e. The van der Waals surface area contributed by atoms with E-state index in [1.165, 1.54) is 30.0 Å². The molecular weight excluding hydrogens is 421 g/mol. The predicted molar refractivity (Wildman–Crippen MR) is 98.9 cm³/mol. The van der Waals surface area contributed by atoms with Gasteiger partial charge in [0.15, 0.2) is 0 Å². The Hall–Kier alpha value is -3.22. The Labute approximate surface area is 174 Å². The average Bonchev–Trinajstić information content (AvgIpc) is 3.01. The van der Waals surface area contributed by atoms with Crippen molar-refractivity contribution in [2.24, 2.45) is 5.92 Å². The molecule has 168 valence electrons. The van der Waals surface area contributed by atoms with Crippen molar-refractivity contribution in [3.63, 3.8) is 0 Å². The molecule has 31 heavy (non-hydrogen) atoms. The Bertz CT molecular complexity index is 1000. The number of nitrogens with one attached hydrogen (secondary N) is 2. The van der Waals surface area contributed by atoms with E-state index >= 15 is 0 Å². The van der Waals surface area contributed by atoms with Gasteiger partial charge in [-0.1, -0.05) is 0 Å². The van der Waals surface area contributed by atoms with Gasteiger partial charge >= 0.3 is 18.2 Å². The van der Waals surface area contributed by atoms with Gasteiger partial charge in [-0.2, -0.15) is 18.3 Å². The highest BCUT2D eigenvalue weighted by Gasteiger charge is 2.67. The Morgan fingerprint density at radius 2 is 1.90 bits per heavy atom. The van der Waals surface area contributed by atoms with Crippen LogP contribution in [0.3, 0.4) is 0 Å². The lowest BCUT2D eigenvalue weighted by molar-refractivity contribution is -0.294. The molecule has 0 unspecified atom stereocenters. The standard InChI is InChI=1S/C18H21F3N6O4/c1-5-31-14(28)12-13(24-16(29)25-17(12,30)18(19,20)21)11-7-27(26-10(11)4)15-22-8(2)6-9(3)23-15/h6-7,12-13,30H,5H2,1-4H3,(H2,24,25,29)/t12-,13+,17-/m0/s1. The molecular formula is C18H21F3N6O4. The molecule has 2 aromatic rings. The van der Waals surface area contributed by atoms with Crippen LogP contribution in [0.2, 0.25) is 0 Å². The number of ether oxygens (including phenoxy) is 1. The number of amides is 2. The summed E-state index contributed by atoms with van der Waals surface area (Å²) in [5.74, 6) is -3.41. The monoisotopic (exact) mass is 442 g/mol. The Kier molecular flexibility index (Phi) is 5.65. The fourth-order valence-corrected chi connectivity index (χ4v) is 3.49. The number of carbonyl (C=O) groups excluding carboxylic acids is 2. The summed E-state index contributed by atoms with van der Waals surface area (Å²) >= 11 is 0. The second-order valence-corrected chi connectivity index (χ2v) is 7.14. The first-order valence-corrected chi connectivity index (χ1v) is 9.30. The van der Waals surface area contributed by atoms with Gasteiger partial charge in [0.25, 0.3) is 11.7 Å². The minimum Gasteiger partial charge on any atom is -0.466 e. The average molecular weight is 442 g/mol. The van der Waals surface area contributed by atoms with Gasteiger partial charge in [-0.15, -0.1) is 0 Å². The highest BCUT2D eigenvalue weighted by atomic mass is 19.4. The fraction of sp³-hybridized carbons (Fsp3) is 0.500. The molecule has 1 aliphatic rings. The molecule has 2 aromatic heterocycles. The summed E-state index contributed by atoms with van der Waals surface area (Å²) in [6, 6.07) is -1.16. The second kappa shape index (κ2) is 7.80. The number of alkyl halides is 3. The lowest BCUT2D eigenvalue weighted by Crippen LogP contribution is -2.73. The lowest BCUT2D eigenvalue weighted by Gasteiger charge is -2.44. The number of carbonyl (C=O) groups is 2. The zero-order valence-corrected chi connectivity index (χ0v) is 17.1. The van der Waals surface area contributed by atoms with E-state index in [1.807, 2.05) is 0 Å². The first kappa shape index (κ1) is 22.5. The summed E-state index contributed by atoms with van der Waals surface area (Å²) < 4.78 is 47.3. The molecule has 0 saturated carbocycles. The SMILES string of the molecule is CCOC(=O)[C@@H]1[C@@H](c2cn(-c3nc(C)cc(C)n3)nc2C)NC(=O)N[C@@]1(O)C(F)(F)F. The van der Waals surface area contributed by atoms with Crippen LogP contribution in [0.4, 0.5) is 18.0 Å². The van der Waals surface area contributed by atoms with Gasteiger partial charge in [-0.25, -0.2) is 19.4 Å². The number of aliphatic hydroxyl groups is 1. The minimum atomic E-state index is -5.36. The van der Waals surface area contributed by atoms with E-state index in [0.29, 0.717) is 11.4 Å². The maximum absolute atomic E-state index is 13.8. The zero-order valence-electron chi connectivity index (χ0n) is 17.1. The van der Waals surface area contributed by atoms with Gasteiger partial charge in [0, 0.05) is 23.1 Å². The van der Waals surface area contributed by atoms with Gasteiger partial charge in [0.2, 0.25) is 0 Å². The van der Waals surface area contributed by atoms with Gasteiger partial charge in [-0.05, 0) is 33.8 Å². The van der Waals surface area contributed by atoms with Gasteiger partial charge in [0.05, 0.1) is 18.3 Å². The van der Waals surface area contributed by atoms with Gasteiger partial charge in [0.1, 0.15) is 5.92 Å². The third kappa shape index (κ3) is 4.04. The fourth-order valence-electron chi connectivity index (χ4n) is 3.49. The first-order valence-electron chi connectivity index (χ1n) is 9.30. The number of hydrogen-bond acceptors (Lipinski definition) is 7. The molecule has 0 aliphatic carbocycles. The molecule has 3 atom stereocenters. The number of aryl methyl sites for hydroxylation is 3. The Morgan fingerprint density at radius 1 is 1.29 bits per heavy atom. The molecule has 1 aliphatic heterocycles. The summed E-state index contributed by atoms with van der Waals surface area (Å²) in [5.41, 5.74) is -2.30. The predicted octanol–water partition coefficient (Wildman–Crippen LogP) is 1.37. The molecule has 10 nitrogen and oxygen atoms in total. The molecule has 3 heterocycles. The van der Waals surface area contributed by atoms with E-state index in [4.69, 9.17) is 4.74 Å². The van der Waals surface area contributed by atoms with Crippen molar-refractivity contribution in [2.45, 2.75) is 45.6 Å². The molecule has 3 rings (SSSR count). The third-order valence-corrected chi connectivity index (χ3v) is 4.79. The first-order chi connectivity index (χ1) is 14.4. The van der Waals surface area contributed by atoms with Crippen LogP contribution in [0.1, 0.15) is 35.6 Å². The Morgan fingerprint density at radius 3 is 2.45 bits per heavy atom. The van der Waals surface area contributed by atoms with Crippen LogP contribution < -0.4 is 10.6 Å². The van der Waals surface area contributed by atoms with Crippen molar-refractivity contribution in [3.8, 4) is 5.95 Å². The molecule has 0 bridgehead atoms. The second-order valence-electron chi connectivity index (χ2n) is 7.14. The van der Waals surface area contributed by atoms with Crippen molar-refractivity contribution in [2.75, 3.05) is 6.61 Å². The maximum Gasteiger partial charge on any atom is 0.437 e. The number of rotatable bonds is 4. The van der Waals surface area contributed by atoms with Crippen molar-refractivity contribution >= 4 is 12.0 Å². The van der Waals surface area contributed by atoms with Crippen molar-refractivity contribution in [1.29, 1.82) is 0 Å². The molecule has 2 amide bonds. The van der Waals surface area contributed by atoms with E-state index in [0.717, 1.165) is 0 Å². The lowest BCUT2D eigenvalue weighted by atomic mass is 9.82. The molecule has 1 saturated heterocycles. The molecule has 0 radical (unpaired) electrons. The number of urea groups is 1. The largest absolute Gasteiger partial charge is 0.466 e. The summed E-state index contributed by atoms with van der Waals surface area (Å²) in [6.45, 7) is 6.15. The molecule has 0 aromatic carbocycles. The highest BCUT2D eigenvalue weighted by molar-refractivity contribution is 5.83. The highest BCUT2D eigenvalue weighted by Crippen LogP contribution is 2.43. The van der Waals surface area contributed by atoms with E-state index in [-0.39, 0.29) is 23.8 Å². The number of halogens is 3. The summed E-state index contributed by atoms with van der Waals surface area (Å²) in [5, 5.41) is 18.3. The van der Waals surface area contributed by atoms with Crippen molar-refractivity contribution in [3.05, 3.63) is 34.9 Å². The normalized spacial score (nSPS) is 23.8. The zero-order chi connectivity index (χ0) is 23.1. The van der Waals surface area contributed by atoms with Gasteiger partial charge in [-0.3, -0.25) is 4.79 Å². The van der Waals surface area contributed by atoms with Crippen LogP contribution in [-0.4, -0.2) is 55.4 Å². The third-order valence-electron chi connectivity index (χ3n) is 4.79. The van der Waals surface area contributed by atoms with E-state index in [2.05, 4.69) is 20.4 Å². The van der Waals surface area contributed by atoms with E-state index < -0.39 is 35.9 Å². The van der Waals surface area contributed by atoms with Crippen LogP contribution in [-0.2, 0) is 9.53 Å². The van der Waals surface area contributed by atoms with Crippen LogP contribution in [0, 0.1) is 26.7 Å². The van der Waals surface area contributed by atoms with E-state index in [1.54, 1.807) is 19.9 Å². The van der Waals surface area contributed by atoms with E-state index in [9.17, 15) is 27.9 Å². The van der Waals surface area contributed by atoms with Crippen molar-refractivity contribution in [1.82, 2.24) is 30.4 Å². The quantitative estimate of drug-likeness (QED) is 0.610. The van der Waals surface area contributed by atoms with Crippen molar-refractivity contribution < 1.29 is 32.6 Å². The number of aromatic nitrogens is 4.